The molecule has 2 N–H and O–H groups in total. The Hall–Kier alpha value is -0.360. The Morgan fingerprint density at radius 1 is 1.50 bits per heavy atom. The van der Waals surface area contributed by atoms with Crippen LogP contribution in [0.25, 0.3) is 9.88 Å². The highest BCUT2D eigenvalue weighted by molar-refractivity contribution is 7.98. The Kier molecular flexibility index (Phi) is 4.40. The van der Waals surface area contributed by atoms with Crippen LogP contribution < -0.4 is 5.73 Å². The fourth-order valence-corrected chi connectivity index (χ4v) is 3.55. The van der Waals surface area contributed by atoms with Crippen LogP contribution in [-0.4, -0.2) is 17.0 Å². The highest BCUT2D eigenvalue weighted by Gasteiger charge is 2.11. The van der Waals surface area contributed by atoms with E-state index in [0.29, 0.717) is 0 Å². The maximum absolute atomic E-state index is 6.08. The summed E-state index contributed by atoms with van der Waals surface area (Å²) < 4.78 is 0. The van der Waals surface area contributed by atoms with Gasteiger partial charge in [0, 0.05) is 11.4 Å². The summed E-state index contributed by atoms with van der Waals surface area (Å²) in [6.07, 6.45) is 3.10. The zero-order chi connectivity index (χ0) is 11.4. The molecule has 0 fully saturated rings. The van der Waals surface area contributed by atoms with Gasteiger partial charge in [-0.25, -0.2) is 4.98 Å². The highest BCUT2D eigenvalue weighted by Crippen LogP contribution is 2.29. The molecule has 0 aromatic carbocycles. The number of rotatable bonds is 5. The number of aromatic nitrogens is 1. The van der Waals surface area contributed by atoms with Crippen molar-refractivity contribution >= 4 is 34.4 Å². The molecule has 0 aliphatic carbocycles. The minimum absolute atomic E-state index is 0.0809. The number of nitrogens with two attached hydrogens (primary N) is 1. The van der Waals surface area contributed by atoms with E-state index in [1.165, 1.54) is 4.88 Å². The predicted octanol–water partition coefficient (Wildman–Crippen LogP) is 3.62. The molecule has 2 aromatic rings. The lowest BCUT2D eigenvalue weighted by molar-refractivity contribution is 0.687. The first-order valence-corrected chi connectivity index (χ1v) is 8.20. The van der Waals surface area contributed by atoms with Crippen molar-refractivity contribution in [2.45, 2.75) is 12.5 Å². The van der Waals surface area contributed by atoms with Crippen LogP contribution in [0.5, 0.6) is 0 Å². The molecule has 1 atom stereocenters. The van der Waals surface area contributed by atoms with Crippen LogP contribution in [0.15, 0.2) is 22.9 Å². The zero-order valence-corrected chi connectivity index (χ0v) is 11.5. The van der Waals surface area contributed by atoms with Crippen molar-refractivity contribution in [1.29, 1.82) is 0 Å². The second-order valence-corrected chi connectivity index (χ2v) is 6.23. The van der Waals surface area contributed by atoms with Gasteiger partial charge < -0.3 is 5.73 Å². The lowest BCUT2D eigenvalue weighted by Crippen LogP contribution is -2.11. The van der Waals surface area contributed by atoms with Gasteiger partial charge in [-0.1, -0.05) is 6.07 Å². The van der Waals surface area contributed by atoms with E-state index in [2.05, 4.69) is 34.1 Å². The molecule has 2 heterocycles. The van der Waals surface area contributed by atoms with E-state index in [0.717, 1.165) is 22.9 Å². The van der Waals surface area contributed by atoms with Crippen molar-refractivity contribution in [3.05, 3.63) is 28.6 Å². The molecule has 0 saturated carbocycles. The molecule has 0 aliphatic heterocycles. The maximum Gasteiger partial charge on any atom is 0.133 e. The van der Waals surface area contributed by atoms with Gasteiger partial charge in [-0.15, -0.1) is 22.7 Å². The fraction of sp³-hybridized carbons (Fsp3) is 0.364. The number of nitrogens with zero attached hydrogens (tertiary/aromatic N) is 1. The maximum atomic E-state index is 6.08. The first kappa shape index (κ1) is 12.1. The summed E-state index contributed by atoms with van der Waals surface area (Å²) in [5.74, 6) is 1.09. The average Bonchev–Trinajstić information content (AvgIpc) is 2.94. The second-order valence-electron chi connectivity index (χ2n) is 3.44. The molecule has 16 heavy (non-hydrogen) atoms. The van der Waals surface area contributed by atoms with Gasteiger partial charge in [0.25, 0.3) is 0 Å². The number of hydrogen-bond donors (Lipinski definition) is 1. The van der Waals surface area contributed by atoms with Crippen LogP contribution in [-0.2, 0) is 0 Å². The third-order valence-electron chi connectivity index (χ3n) is 2.27. The number of thioether (sulfide) groups is 1. The Bertz CT molecular complexity index is 422. The Labute approximate surface area is 108 Å². The Balaban J connectivity index is 2.07. The minimum Gasteiger partial charge on any atom is -0.323 e. The van der Waals surface area contributed by atoms with Crippen molar-refractivity contribution in [2.24, 2.45) is 5.73 Å². The molecule has 2 rings (SSSR count). The van der Waals surface area contributed by atoms with E-state index in [-0.39, 0.29) is 6.04 Å². The van der Waals surface area contributed by atoms with Gasteiger partial charge in [0.05, 0.1) is 10.6 Å². The van der Waals surface area contributed by atoms with Crippen molar-refractivity contribution in [1.82, 2.24) is 4.98 Å². The first-order chi connectivity index (χ1) is 7.81. The average molecular weight is 270 g/mol. The van der Waals surface area contributed by atoms with Gasteiger partial charge in [0.15, 0.2) is 0 Å². The van der Waals surface area contributed by atoms with Crippen LogP contribution in [0.4, 0.5) is 0 Å². The topological polar surface area (TPSA) is 38.9 Å². The summed E-state index contributed by atoms with van der Waals surface area (Å²) in [6, 6.07) is 4.23. The summed E-state index contributed by atoms with van der Waals surface area (Å²) in [7, 11) is 0. The number of hydrogen-bond acceptors (Lipinski definition) is 5. The molecule has 0 aliphatic rings. The Morgan fingerprint density at radius 3 is 3.06 bits per heavy atom. The van der Waals surface area contributed by atoms with E-state index in [1.807, 2.05) is 11.8 Å². The molecule has 2 aromatic heterocycles. The molecule has 5 heteroatoms. The smallest absolute Gasteiger partial charge is 0.133 e. The summed E-state index contributed by atoms with van der Waals surface area (Å²) in [4.78, 5) is 5.83. The predicted molar refractivity (Wildman–Crippen MR) is 75.4 cm³/mol. The summed E-state index contributed by atoms with van der Waals surface area (Å²) >= 11 is 5.23. The number of thiophene rings is 1. The molecule has 1 unspecified atom stereocenters. The molecule has 0 spiro atoms. The third-order valence-corrected chi connectivity index (χ3v) is 4.81. The zero-order valence-electron chi connectivity index (χ0n) is 9.05. The van der Waals surface area contributed by atoms with Gasteiger partial charge in [-0.2, -0.15) is 11.8 Å². The van der Waals surface area contributed by atoms with Crippen molar-refractivity contribution < 1.29 is 0 Å². The largest absolute Gasteiger partial charge is 0.323 e. The highest BCUT2D eigenvalue weighted by atomic mass is 32.2. The van der Waals surface area contributed by atoms with E-state index in [1.54, 1.807) is 22.7 Å². The lowest BCUT2D eigenvalue weighted by Gasteiger charge is -2.06. The quantitative estimate of drug-likeness (QED) is 0.902. The Morgan fingerprint density at radius 2 is 2.38 bits per heavy atom. The van der Waals surface area contributed by atoms with Gasteiger partial charge >= 0.3 is 0 Å². The molecular weight excluding hydrogens is 256 g/mol. The van der Waals surface area contributed by atoms with Crippen LogP contribution in [0.3, 0.4) is 0 Å². The summed E-state index contributed by atoms with van der Waals surface area (Å²) in [5.41, 5.74) is 7.11. The number of thiazole rings is 1. The van der Waals surface area contributed by atoms with Crippen LogP contribution in [0.2, 0.25) is 0 Å². The minimum atomic E-state index is 0.0809. The second kappa shape index (κ2) is 5.82. The molecule has 0 saturated heterocycles. The van der Waals surface area contributed by atoms with Crippen molar-refractivity contribution in [3.63, 3.8) is 0 Å². The van der Waals surface area contributed by atoms with E-state index < -0.39 is 0 Å². The van der Waals surface area contributed by atoms with Gasteiger partial charge in [0.2, 0.25) is 0 Å². The monoisotopic (exact) mass is 270 g/mol. The van der Waals surface area contributed by atoms with Gasteiger partial charge in [-0.05, 0) is 29.9 Å². The van der Waals surface area contributed by atoms with Crippen molar-refractivity contribution in [3.8, 4) is 9.88 Å². The van der Waals surface area contributed by atoms with Crippen LogP contribution in [0.1, 0.15) is 18.2 Å². The van der Waals surface area contributed by atoms with E-state index >= 15 is 0 Å². The van der Waals surface area contributed by atoms with Crippen molar-refractivity contribution in [2.75, 3.05) is 12.0 Å². The third kappa shape index (κ3) is 2.85. The van der Waals surface area contributed by atoms with Gasteiger partial charge in [-0.3, -0.25) is 0 Å². The van der Waals surface area contributed by atoms with E-state index in [4.69, 9.17) is 5.73 Å². The molecule has 0 bridgehead atoms. The first-order valence-electron chi connectivity index (χ1n) is 5.05. The SMILES string of the molecule is CSCCC(N)c1csc(-c2cccs2)n1. The molecular formula is C11H14N2S3. The fourth-order valence-electron chi connectivity index (χ4n) is 1.36. The normalized spacial score (nSPS) is 12.9. The molecule has 0 radical (unpaired) electrons. The van der Waals surface area contributed by atoms with Crippen LogP contribution >= 0.6 is 34.4 Å². The standard InChI is InChI=1S/C11H14N2S3/c1-14-6-4-8(12)9-7-16-11(13-9)10-3-2-5-15-10/h2-3,5,7-8H,4,6,12H2,1H3. The molecule has 0 amide bonds. The molecule has 2 nitrogen and oxygen atoms in total. The summed E-state index contributed by atoms with van der Waals surface area (Å²) in [6.45, 7) is 0. The van der Waals surface area contributed by atoms with Crippen LogP contribution in [0, 0.1) is 0 Å². The van der Waals surface area contributed by atoms with E-state index in [9.17, 15) is 0 Å². The van der Waals surface area contributed by atoms with Gasteiger partial charge in [0.1, 0.15) is 5.01 Å². The molecule has 86 valence electrons. The lowest BCUT2D eigenvalue weighted by atomic mass is 10.2. The summed E-state index contributed by atoms with van der Waals surface area (Å²) in [5, 5.41) is 5.24.